The van der Waals surface area contributed by atoms with E-state index in [1.165, 1.54) is 20.1 Å². The van der Waals surface area contributed by atoms with Crippen molar-refractivity contribution in [3.63, 3.8) is 0 Å². The van der Waals surface area contributed by atoms with E-state index in [-0.39, 0.29) is 29.7 Å². The van der Waals surface area contributed by atoms with Crippen LogP contribution < -0.4 is 14.8 Å². The molecular formula is C18H24N2O7. The summed E-state index contributed by atoms with van der Waals surface area (Å²) in [7, 11) is 1.34. The first-order valence-electron chi connectivity index (χ1n) is 8.88. The standard InChI is InChI=1S/C18H24N2O7/c1-4-26-16-9-13(14(20(23)24)10-15(16)25-3)18(22)27-11(2)17(21)19-12-7-5-6-8-12/h9-12H,4-8H2,1-3H3,(H,19,21)/t11-/m1/s1. The van der Waals surface area contributed by atoms with Crippen molar-refractivity contribution in [3.8, 4) is 11.5 Å². The fourth-order valence-corrected chi connectivity index (χ4v) is 2.96. The van der Waals surface area contributed by atoms with Gasteiger partial charge in [-0.1, -0.05) is 12.8 Å². The summed E-state index contributed by atoms with van der Waals surface area (Å²) in [5, 5.41) is 14.2. The highest BCUT2D eigenvalue weighted by atomic mass is 16.6. The second-order valence-electron chi connectivity index (χ2n) is 6.25. The lowest BCUT2D eigenvalue weighted by Gasteiger charge is -2.17. The van der Waals surface area contributed by atoms with Gasteiger partial charge in [0.2, 0.25) is 0 Å². The van der Waals surface area contributed by atoms with Crippen LogP contribution in [-0.2, 0) is 9.53 Å². The molecule has 9 nitrogen and oxygen atoms in total. The van der Waals surface area contributed by atoms with Crippen molar-refractivity contribution >= 4 is 17.6 Å². The molecule has 0 radical (unpaired) electrons. The number of benzene rings is 1. The maximum absolute atomic E-state index is 12.5. The van der Waals surface area contributed by atoms with Gasteiger partial charge >= 0.3 is 5.97 Å². The smallest absolute Gasteiger partial charge is 0.346 e. The Balaban J connectivity index is 2.18. The van der Waals surface area contributed by atoms with Crippen molar-refractivity contribution in [2.45, 2.75) is 51.7 Å². The minimum Gasteiger partial charge on any atom is -0.493 e. The van der Waals surface area contributed by atoms with Gasteiger partial charge in [-0.15, -0.1) is 0 Å². The van der Waals surface area contributed by atoms with Crippen LogP contribution in [0.15, 0.2) is 12.1 Å². The molecule has 2 rings (SSSR count). The zero-order valence-corrected chi connectivity index (χ0v) is 15.6. The number of hydrogen-bond acceptors (Lipinski definition) is 7. The Kier molecular flexibility index (Phi) is 6.98. The number of nitrogens with zero attached hydrogens (tertiary/aromatic N) is 1. The Labute approximate surface area is 157 Å². The number of hydrogen-bond donors (Lipinski definition) is 1. The SMILES string of the molecule is CCOc1cc(C(=O)O[C@H](C)C(=O)NC2CCCC2)c([N+](=O)[O-])cc1OC. The van der Waals surface area contributed by atoms with Crippen LogP contribution >= 0.6 is 0 Å². The molecule has 0 unspecified atom stereocenters. The van der Waals surface area contributed by atoms with Crippen LogP contribution in [0.1, 0.15) is 49.9 Å². The van der Waals surface area contributed by atoms with Crippen molar-refractivity contribution in [1.29, 1.82) is 0 Å². The molecule has 1 fully saturated rings. The topological polar surface area (TPSA) is 117 Å². The Hall–Kier alpha value is -2.84. The first-order valence-corrected chi connectivity index (χ1v) is 8.88. The zero-order chi connectivity index (χ0) is 20.0. The first kappa shape index (κ1) is 20.5. The average molecular weight is 380 g/mol. The van der Waals surface area contributed by atoms with Gasteiger partial charge in [0.15, 0.2) is 17.6 Å². The Bertz CT molecular complexity index is 714. The van der Waals surface area contributed by atoms with Crippen LogP contribution in [0.4, 0.5) is 5.69 Å². The van der Waals surface area contributed by atoms with Crippen molar-refractivity contribution in [1.82, 2.24) is 5.32 Å². The van der Waals surface area contributed by atoms with E-state index in [1.54, 1.807) is 6.92 Å². The van der Waals surface area contributed by atoms with Crippen molar-refractivity contribution in [2.75, 3.05) is 13.7 Å². The van der Waals surface area contributed by atoms with Gasteiger partial charge < -0.3 is 19.5 Å². The maximum atomic E-state index is 12.5. The number of nitro groups is 1. The number of methoxy groups -OCH3 is 1. The van der Waals surface area contributed by atoms with Gasteiger partial charge in [0.25, 0.3) is 11.6 Å². The lowest BCUT2D eigenvalue weighted by atomic mass is 10.1. The summed E-state index contributed by atoms with van der Waals surface area (Å²) in [5.41, 5.74) is -0.784. The van der Waals surface area contributed by atoms with E-state index in [0.717, 1.165) is 31.7 Å². The van der Waals surface area contributed by atoms with E-state index in [4.69, 9.17) is 14.2 Å². The van der Waals surface area contributed by atoms with Crippen molar-refractivity contribution < 1.29 is 28.7 Å². The molecule has 0 spiro atoms. The molecule has 1 atom stereocenters. The largest absolute Gasteiger partial charge is 0.493 e. The summed E-state index contributed by atoms with van der Waals surface area (Å²) in [6.45, 7) is 3.44. The zero-order valence-electron chi connectivity index (χ0n) is 15.6. The molecule has 1 aromatic carbocycles. The second-order valence-corrected chi connectivity index (χ2v) is 6.25. The first-order chi connectivity index (χ1) is 12.9. The number of carbonyl (C=O) groups is 2. The minimum absolute atomic E-state index is 0.0820. The molecule has 148 valence electrons. The van der Waals surface area contributed by atoms with Gasteiger partial charge in [-0.25, -0.2) is 4.79 Å². The summed E-state index contributed by atoms with van der Waals surface area (Å²) < 4.78 is 15.6. The van der Waals surface area contributed by atoms with Crippen LogP contribution in [0.25, 0.3) is 0 Å². The molecule has 0 heterocycles. The van der Waals surface area contributed by atoms with Gasteiger partial charge in [-0.3, -0.25) is 14.9 Å². The number of esters is 1. The Morgan fingerprint density at radius 1 is 1.30 bits per heavy atom. The number of amides is 1. The summed E-state index contributed by atoms with van der Waals surface area (Å²) in [6.07, 6.45) is 2.83. The van der Waals surface area contributed by atoms with Crippen LogP contribution in [0, 0.1) is 10.1 Å². The lowest BCUT2D eigenvalue weighted by Crippen LogP contribution is -2.40. The van der Waals surface area contributed by atoms with E-state index in [0.29, 0.717) is 0 Å². The molecule has 1 N–H and O–H groups in total. The molecule has 1 saturated carbocycles. The molecule has 0 aromatic heterocycles. The highest BCUT2D eigenvalue weighted by molar-refractivity contribution is 5.96. The van der Waals surface area contributed by atoms with Crippen molar-refractivity contribution in [3.05, 3.63) is 27.8 Å². The van der Waals surface area contributed by atoms with E-state index in [9.17, 15) is 19.7 Å². The van der Waals surface area contributed by atoms with Crippen LogP contribution in [0.3, 0.4) is 0 Å². The molecular weight excluding hydrogens is 356 g/mol. The predicted octanol–water partition coefficient (Wildman–Crippen LogP) is 2.61. The minimum atomic E-state index is -1.07. The quantitative estimate of drug-likeness (QED) is 0.418. The van der Waals surface area contributed by atoms with Crippen molar-refractivity contribution in [2.24, 2.45) is 0 Å². The maximum Gasteiger partial charge on any atom is 0.346 e. The normalized spacial score (nSPS) is 15.1. The van der Waals surface area contributed by atoms with Gasteiger partial charge in [-0.2, -0.15) is 0 Å². The number of nitro benzene ring substituents is 1. The fraction of sp³-hybridized carbons (Fsp3) is 0.556. The van der Waals surface area contributed by atoms with E-state index >= 15 is 0 Å². The predicted molar refractivity (Wildman–Crippen MR) is 96.1 cm³/mol. The molecule has 27 heavy (non-hydrogen) atoms. The highest BCUT2D eigenvalue weighted by Gasteiger charge is 2.29. The van der Waals surface area contributed by atoms with E-state index in [1.807, 2.05) is 0 Å². The molecule has 1 aliphatic rings. The van der Waals surface area contributed by atoms with Crippen LogP contribution in [0.2, 0.25) is 0 Å². The fourth-order valence-electron chi connectivity index (χ4n) is 2.96. The Morgan fingerprint density at radius 2 is 1.96 bits per heavy atom. The molecule has 0 saturated heterocycles. The van der Waals surface area contributed by atoms with Gasteiger partial charge in [0, 0.05) is 12.1 Å². The lowest BCUT2D eigenvalue weighted by molar-refractivity contribution is -0.385. The third-order valence-electron chi connectivity index (χ3n) is 4.35. The summed E-state index contributed by atoms with van der Waals surface area (Å²) in [4.78, 5) is 35.3. The molecule has 0 bridgehead atoms. The molecule has 1 amide bonds. The highest BCUT2D eigenvalue weighted by Crippen LogP contribution is 2.35. The second kappa shape index (κ2) is 9.20. The third kappa shape index (κ3) is 5.08. The molecule has 0 aliphatic heterocycles. The van der Waals surface area contributed by atoms with Gasteiger partial charge in [0.05, 0.1) is 24.7 Å². The van der Waals surface area contributed by atoms with Gasteiger partial charge in [0.1, 0.15) is 5.56 Å². The summed E-state index contributed by atoms with van der Waals surface area (Å²) in [6, 6.07) is 2.38. The van der Waals surface area contributed by atoms with Gasteiger partial charge in [-0.05, 0) is 26.7 Å². The number of carbonyl (C=O) groups excluding carboxylic acids is 2. The molecule has 1 aliphatic carbocycles. The number of nitrogens with one attached hydrogen (secondary N) is 1. The van der Waals surface area contributed by atoms with Crippen LogP contribution in [-0.4, -0.2) is 42.7 Å². The van der Waals surface area contributed by atoms with E-state index in [2.05, 4.69) is 5.32 Å². The monoisotopic (exact) mass is 380 g/mol. The number of rotatable bonds is 8. The number of ether oxygens (including phenoxy) is 3. The third-order valence-corrected chi connectivity index (χ3v) is 4.35. The van der Waals surface area contributed by atoms with Crippen LogP contribution in [0.5, 0.6) is 11.5 Å². The molecule has 9 heteroatoms. The van der Waals surface area contributed by atoms with E-state index < -0.39 is 28.6 Å². The summed E-state index contributed by atoms with van der Waals surface area (Å²) >= 11 is 0. The summed E-state index contributed by atoms with van der Waals surface area (Å²) in [5.74, 6) is -1.08. The average Bonchev–Trinajstić information content (AvgIpc) is 3.14. The molecule has 1 aromatic rings. The Morgan fingerprint density at radius 3 is 2.52 bits per heavy atom.